The summed E-state index contributed by atoms with van der Waals surface area (Å²) in [6.45, 7) is 1.15. The Morgan fingerprint density at radius 3 is 2.68 bits per heavy atom. The van der Waals surface area contributed by atoms with Crippen LogP contribution in [-0.4, -0.2) is 25.2 Å². The molecular weight excluding hydrogens is 267 g/mol. The molecular formula is C14H14ClFN2O. The number of likely N-dealkylation sites (N-methyl/N-ethyl adjacent to an activating group) is 1. The Hall–Kier alpha value is -1.81. The highest BCUT2D eigenvalue weighted by molar-refractivity contribution is 6.33. The summed E-state index contributed by atoms with van der Waals surface area (Å²) in [6.07, 6.45) is 3.30. The first kappa shape index (κ1) is 13.6. The lowest BCUT2D eigenvalue weighted by molar-refractivity contribution is 0.325. The monoisotopic (exact) mass is 280 g/mol. The quantitative estimate of drug-likeness (QED) is 0.839. The average molecular weight is 281 g/mol. The van der Waals surface area contributed by atoms with E-state index >= 15 is 0 Å². The topological polar surface area (TPSA) is 25.4 Å². The second kappa shape index (κ2) is 6.38. The van der Waals surface area contributed by atoms with E-state index in [0.29, 0.717) is 23.9 Å². The van der Waals surface area contributed by atoms with Crippen LogP contribution in [0.5, 0.6) is 5.75 Å². The lowest BCUT2D eigenvalue weighted by atomic mass is 10.3. The van der Waals surface area contributed by atoms with Crippen molar-refractivity contribution in [2.75, 3.05) is 25.1 Å². The van der Waals surface area contributed by atoms with Crippen molar-refractivity contribution in [2.24, 2.45) is 0 Å². The molecule has 0 atom stereocenters. The summed E-state index contributed by atoms with van der Waals surface area (Å²) in [4.78, 5) is 5.92. The largest absolute Gasteiger partial charge is 0.492 e. The normalized spacial score (nSPS) is 10.3. The molecule has 0 radical (unpaired) electrons. The highest BCUT2D eigenvalue weighted by atomic mass is 35.5. The van der Waals surface area contributed by atoms with E-state index in [0.717, 1.165) is 5.69 Å². The van der Waals surface area contributed by atoms with Gasteiger partial charge >= 0.3 is 0 Å². The van der Waals surface area contributed by atoms with Gasteiger partial charge in [-0.1, -0.05) is 11.6 Å². The lowest BCUT2D eigenvalue weighted by Crippen LogP contribution is -2.24. The SMILES string of the molecule is CN(CCOc1ccc(F)cc1)c1ccncc1Cl. The maximum Gasteiger partial charge on any atom is 0.123 e. The number of ether oxygens (including phenoxy) is 1. The molecule has 0 saturated heterocycles. The van der Waals surface area contributed by atoms with Gasteiger partial charge in [0.25, 0.3) is 0 Å². The van der Waals surface area contributed by atoms with Gasteiger partial charge in [-0.15, -0.1) is 0 Å². The molecule has 0 aliphatic carbocycles. The zero-order valence-electron chi connectivity index (χ0n) is 10.5. The molecule has 0 aliphatic rings. The van der Waals surface area contributed by atoms with Crippen LogP contribution in [0.25, 0.3) is 0 Å². The van der Waals surface area contributed by atoms with Crippen LogP contribution in [0.2, 0.25) is 5.02 Å². The van der Waals surface area contributed by atoms with Crippen LogP contribution in [0, 0.1) is 5.82 Å². The third kappa shape index (κ3) is 3.83. The fraction of sp³-hybridized carbons (Fsp3) is 0.214. The van der Waals surface area contributed by atoms with Crippen molar-refractivity contribution in [1.82, 2.24) is 4.98 Å². The van der Waals surface area contributed by atoms with Crippen molar-refractivity contribution in [3.05, 3.63) is 53.6 Å². The second-order valence-corrected chi connectivity index (χ2v) is 4.46. The summed E-state index contributed by atoms with van der Waals surface area (Å²) in [5, 5.41) is 0.604. The molecule has 0 fully saturated rings. The van der Waals surface area contributed by atoms with Gasteiger partial charge in [0.1, 0.15) is 18.2 Å². The van der Waals surface area contributed by atoms with Crippen LogP contribution < -0.4 is 9.64 Å². The maximum atomic E-state index is 12.7. The summed E-state index contributed by atoms with van der Waals surface area (Å²) in [5.41, 5.74) is 0.902. The minimum absolute atomic E-state index is 0.270. The van der Waals surface area contributed by atoms with Crippen molar-refractivity contribution < 1.29 is 9.13 Å². The first-order valence-electron chi connectivity index (χ1n) is 5.86. The van der Waals surface area contributed by atoms with Gasteiger partial charge in [0.2, 0.25) is 0 Å². The minimum atomic E-state index is -0.270. The Balaban J connectivity index is 1.86. The second-order valence-electron chi connectivity index (χ2n) is 4.05. The Kier molecular flexibility index (Phi) is 4.58. The summed E-state index contributed by atoms with van der Waals surface area (Å²) >= 11 is 6.05. The van der Waals surface area contributed by atoms with Gasteiger partial charge in [0.05, 0.1) is 17.3 Å². The van der Waals surface area contributed by atoms with Crippen molar-refractivity contribution in [2.45, 2.75) is 0 Å². The van der Waals surface area contributed by atoms with Crippen LogP contribution in [0.15, 0.2) is 42.7 Å². The number of aromatic nitrogens is 1. The Morgan fingerprint density at radius 1 is 1.26 bits per heavy atom. The van der Waals surface area contributed by atoms with E-state index in [1.54, 1.807) is 24.5 Å². The van der Waals surface area contributed by atoms with E-state index in [1.165, 1.54) is 12.1 Å². The van der Waals surface area contributed by atoms with Crippen molar-refractivity contribution in [1.29, 1.82) is 0 Å². The van der Waals surface area contributed by atoms with E-state index < -0.39 is 0 Å². The molecule has 3 nitrogen and oxygen atoms in total. The van der Waals surface area contributed by atoms with Crippen LogP contribution in [0.3, 0.4) is 0 Å². The summed E-state index contributed by atoms with van der Waals surface area (Å²) in [6, 6.07) is 7.81. The number of nitrogens with zero attached hydrogens (tertiary/aromatic N) is 2. The lowest BCUT2D eigenvalue weighted by Gasteiger charge is -2.20. The van der Waals surface area contributed by atoms with E-state index in [4.69, 9.17) is 16.3 Å². The molecule has 0 saturated carbocycles. The molecule has 5 heteroatoms. The summed E-state index contributed by atoms with van der Waals surface area (Å²) in [7, 11) is 1.93. The molecule has 0 amide bonds. The van der Waals surface area contributed by atoms with Crippen molar-refractivity contribution in [3.8, 4) is 5.75 Å². The minimum Gasteiger partial charge on any atom is -0.492 e. The number of hydrogen-bond acceptors (Lipinski definition) is 3. The molecule has 0 unspecified atom stereocenters. The third-order valence-corrected chi connectivity index (χ3v) is 2.96. The number of rotatable bonds is 5. The van der Waals surface area contributed by atoms with Crippen molar-refractivity contribution in [3.63, 3.8) is 0 Å². The standard InChI is InChI=1S/C14H14ClFN2O/c1-18(14-6-7-17-10-13(14)15)8-9-19-12-4-2-11(16)3-5-12/h2-7,10H,8-9H2,1H3. The summed E-state index contributed by atoms with van der Waals surface area (Å²) < 4.78 is 18.2. The van der Waals surface area contributed by atoms with E-state index in [2.05, 4.69) is 4.98 Å². The van der Waals surface area contributed by atoms with Gasteiger partial charge in [0, 0.05) is 19.4 Å². The Morgan fingerprint density at radius 2 is 2.00 bits per heavy atom. The molecule has 1 aromatic heterocycles. The zero-order chi connectivity index (χ0) is 13.7. The molecule has 100 valence electrons. The average Bonchev–Trinajstić information content (AvgIpc) is 2.41. The van der Waals surface area contributed by atoms with Gasteiger partial charge < -0.3 is 9.64 Å². The van der Waals surface area contributed by atoms with Gasteiger partial charge in [-0.05, 0) is 30.3 Å². The Labute approximate surface area is 116 Å². The predicted octanol–water partition coefficient (Wildman–Crippen LogP) is 3.39. The van der Waals surface area contributed by atoms with Crippen LogP contribution in [-0.2, 0) is 0 Å². The maximum absolute atomic E-state index is 12.7. The van der Waals surface area contributed by atoms with E-state index in [9.17, 15) is 4.39 Å². The van der Waals surface area contributed by atoms with Crippen molar-refractivity contribution >= 4 is 17.3 Å². The zero-order valence-corrected chi connectivity index (χ0v) is 11.3. The van der Waals surface area contributed by atoms with Gasteiger partial charge in [-0.3, -0.25) is 4.98 Å². The highest BCUT2D eigenvalue weighted by Gasteiger charge is 2.05. The van der Waals surface area contributed by atoms with Crippen LogP contribution in [0.4, 0.5) is 10.1 Å². The van der Waals surface area contributed by atoms with E-state index in [1.807, 2.05) is 18.0 Å². The number of halogens is 2. The molecule has 19 heavy (non-hydrogen) atoms. The predicted molar refractivity (Wildman–Crippen MR) is 74.4 cm³/mol. The van der Waals surface area contributed by atoms with E-state index in [-0.39, 0.29) is 5.82 Å². The van der Waals surface area contributed by atoms with Crippen LogP contribution >= 0.6 is 11.6 Å². The number of anilines is 1. The molecule has 0 aliphatic heterocycles. The molecule has 0 N–H and O–H groups in total. The molecule has 2 rings (SSSR count). The highest BCUT2D eigenvalue weighted by Crippen LogP contribution is 2.22. The van der Waals surface area contributed by atoms with Gasteiger partial charge in [0.15, 0.2) is 0 Å². The number of hydrogen-bond donors (Lipinski definition) is 0. The number of pyridine rings is 1. The smallest absolute Gasteiger partial charge is 0.123 e. The molecule has 2 aromatic rings. The fourth-order valence-corrected chi connectivity index (χ4v) is 1.89. The Bertz CT molecular complexity index is 533. The van der Waals surface area contributed by atoms with Gasteiger partial charge in [-0.25, -0.2) is 4.39 Å². The molecule has 0 spiro atoms. The van der Waals surface area contributed by atoms with Gasteiger partial charge in [-0.2, -0.15) is 0 Å². The van der Waals surface area contributed by atoms with Crippen LogP contribution in [0.1, 0.15) is 0 Å². The molecule has 0 bridgehead atoms. The molecule has 1 heterocycles. The number of benzene rings is 1. The first-order chi connectivity index (χ1) is 9.16. The third-order valence-electron chi connectivity index (χ3n) is 2.67. The summed E-state index contributed by atoms with van der Waals surface area (Å²) in [5.74, 6) is 0.378. The molecule has 1 aromatic carbocycles. The fourth-order valence-electron chi connectivity index (χ4n) is 1.63. The first-order valence-corrected chi connectivity index (χ1v) is 6.23.